The molecule has 2 aromatic heterocycles. The molecule has 0 radical (unpaired) electrons. The van der Waals surface area contributed by atoms with Crippen LogP contribution in [0.1, 0.15) is 21.6 Å². The number of amides is 1. The average molecular weight is 336 g/mol. The second kappa shape index (κ2) is 6.37. The van der Waals surface area contributed by atoms with Crippen LogP contribution < -0.4 is 10.9 Å². The highest BCUT2D eigenvalue weighted by Crippen LogP contribution is 2.28. The van der Waals surface area contributed by atoms with Crippen molar-refractivity contribution in [2.75, 3.05) is 11.9 Å². The number of carbonyl (C=O) groups is 1. The minimum Gasteiger partial charge on any atom is -0.376 e. The predicted molar refractivity (Wildman–Crippen MR) is 92.4 cm³/mol. The first-order valence-corrected chi connectivity index (χ1v) is 7.96. The Morgan fingerprint density at radius 1 is 1.24 bits per heavy atom. The summed E-state index contributed by atoms with van der Waals surface area (Å²) in [5.74, 6) is -0.452. The van der Waals surface area contributed by atoms with Crippen LogP contribution in [0.5, 0.6) is 0 Å². The fourth-order valence-electron chi connectivity index (χ4n) is 2.89. The molecule has 0 atom stereocenters. The Morgan fingerprint density at radius 2 is 2.16 bits per heavy atom. The summed E-state index contributed by atoms with van der Waals surface area (Å²) in [7, 11) is 0. The molecule has 0 bridgehead atoms. The molecular weight excluding hydrogens is 320 g/mol. The summed E-state index contributed by atoms with van der Waals surface area (Å²) < 4.78 is 5.51. The van der Waals surface area contributed by atoms with E-state index in [2.05, 4.69) is 20.5 Å². The maximum atomic E-state index is 12.3. The Bertz CT molecular complexity index is 990. The van der Waals surface area contributed by atoms with Gasteiger partial charge >= 0.3 is 0 Å². The van der Waals surface area contributed by atoms with Crippen molar-refractivity contribution in [3.63, 3.8) is 0 Å². The third-order valence-electron chi connectivity index (χ3n) is 4.15. The molecule has 1 aliphatic rings. The monoisotopic (exact) mass is 336 g/mol. The van der Waals surface area contributed by atoms with Crippen molar-refractivity contribution in [1.82, 2.24) is 15.2 Å². The zero-order chi connectivity index (χ0) is 17.2. The van der Waals surface area contributed by atoms with E-state index < -0.39 is 11.5 Å². The predicted octanol–water partition coefficient (Wildman–Crippen LogP) is 2.09. The number of aromatic amines is 2. The summed E-state index contributed by atoms with van der Waals surface area (Å²) in [4.78, 5) is 26.5. The molecule has 0 saturated carbocycles. The molecule has 1 aliphatic heterocycles. The van der Waals surface area contributed by atoms with Crippen LogP contribution >= 0.6 is 0 Å². The van der Waals surface area contributed by atoms with Crippen molar-refractivity contribution in [2.45, 2.75) is 13.0 Å². The number of anilines is 1. The van der Waals surface area contributed by atoms with Crippen molar-refractivity contribution >= 4 is 11.6 Å². The first-order valence-electron chi connectivity index (χ1n) is 7.96. The van der Waals surface area contributed by atoms with Gasteiger partial charge in [0.15, 0.2) is 0 Å². The molecule has 3 aromatic rings. The first kappa shape index (κ1) is 15.3. The number of hydrogen-bond donors (Lipinski definition) is 3. The highest BCUT2D eigenvalue weighted by atomic mass is 16.5. The van der Waals surface area contributed by atoms with Crippen molar-refractivity contribution in [2.24, 2.45) is 0 Å². The number of fused-ring (bicyclic) bond motifs is 1. The molecule has 126 valence electrons. The van der Waals surface area contributed by atoms with Crippen molar-refractivity contribution in [3.8, 4) is 11.3 Å². The molecule has 4 rings (SSSR count). The van der Waals surface area contributed by atoms with Crippen molar-refractivity contribution in [1.29, 1.82) is 0 Å². The lowest BCUT2D eigenvalue weighted by Crippen LogP contribution is -2.22. The van der Waals surface area contributed by atoms with Gasteiger partial charge in [-0.2, -0.15) is 5.10 Å². The Hall–Kier alpha value is -3.19. The quantitative estimate of drug-likeness (QED) is 0.682. The topological polar surface area (TPSA) is 99.9 Å². The van der Waals surface area contributed by atoms with E-state index in [0.29, 0.717) is 18.9 Å². The van der Waals surface area contributed by atoms with E-state index in [-0.39, 0.29) is 5.56 Å². The number of H-pyrrole nitrogens is 2. The molecule has 0 unspecified atom stereocenters. The Balaban J connectivity index is 1.62. The fourth-order valence-corrected chi connectivity index (χ4v) is 2.89. The van der Waals surface area contributed by atoms with E-state index in [1.54, 1.807) is 12.1 Å². The number of aromatic nitrogens is 3. The van der Waals surface area contributed by atoms with E-state index in [1.807, 2.05) is 18.2 Å². The molecule has 0 spiro atoms. The number of nitrogens with one attached hydrogen (secondary N) is 3. The molecule has 7 heteroatoms. The molecule has 7 nitrogen and oxygen atoms in total. The number of carbonyl (C=O) groups excluding carboxylic acids is 1. The summed E-state index contributed by atoms with van der Waals surface area (Å²) >= 11 is 0. The zero-order valence-electron chi connectivity index (χ0n) is 13.3. The summed E-state index contributed by atoms with van der Waals surface area (Å²) in [6.07, 6.45) is 2.30. The molecule has 1 aromatic carbocycles. The lowest BCUT2D eigenvalue weighted by atomic mass is 10.0. The van der Waals surface area contributed by atoms with E-state index in [1.165, 1.54) is 12.3 Å². The van der Waals surface area contributed by atoms with Gasteiger partial charge < -0.3 is 15.0 Å². The Kier molecular flexibility index (Phi) is 3.91. The van der Waals surface area contributed by atoms with Crippen LogP contribution in [-0.4, -0.2) is 27.7 Å². The van der Waals surface area contributed by atoms with Gasteiger partial charge in [-0.3, -0.25) is 14.7 Å². The number of pyridine rings is 1. The van der Waals surface area contributed by atoms with Gasteiger partial charge in [0, 0.05) is 35.1 Å². The second-order valence-electron chi connectivity index (χ2n) is 5.78. The smallest absolute Gasteiger partial charge is 0.261 e. The highest BCUT2D eigenvalue weighted by molar-refractivity contribution is 6.04. The van der Waals surface area contributed by atoms with Crippen LogP contribution in [0.4, 0.5) is 5.69 Å². The van der Waals surface area contributed by atoms with Crippen LogP contribution in [0.15, 0.2) is 47.4 Å². The van der Waals surface area contributed by atoms with Gasteiger partial charge in [0.2, 0.25) is 0 Å². The molecule has 0 saturated heterocycles. The standard InChI is InChI=1S/C18H16N4O3/c23-17-13(5-2-7-19-17)18(24)20-12-4-1-3-11(9-12)16-14-10-25-8-6-15(14)21-22-16/h1-5,7,9H,6,8,10H2,(H,19,23)(H,20,24)(H,21,22). The number of nitrogens with zero attached hydrogens (tertiary/aromatic N) is 1. The summed E-state index contributed by atoms with van der Waals surface area (Å²) in [6, 6.07) is 10.5. The van der Waals surface area contributed by atoms with E-state index in [0.717, 1.165) is 28.9 Å². The second-order valence-corrected chi connectivity index (χ2v) is 5.78. The van der Waals surface area contributed by atoms with Gasteiger partial charge in [0.1, 0.15) is 5.56 Å². The van der Waals surface area contributed by atoms with E-state index in [9.17, 15) is 9.59 Å². The van der Waals surface area contributed by atoms with Crippen LogP contribution in [0.2, 0.25) is 0 Å². The zero-order valence-corrected chi connectivity index (χ0v) is 13.3. The van der Waals surface area contributed by atoms with Gasteiger partial charge in [-0.1, -0.05) is 12.1 Å². The Morgan fingerprint density at radius 3 is 3.04 bits per heavy atom. The lowest BCUT2D eigenvalue weighted by Gasteiger charge is -2.13. The molecule has 3 N–H and O–H groups in total. The number of ether oxygens (including phenoxy) is 1. The average Bonchev–Trinajstić information content (AvgIpc) is 3.06. The minimum atomic E-state index is -0.452. The Labute approximate surface area is 143 Å². The van der Waals surface area contributed by atoms with Crippen molar-refractivity contribution < 1.29 is 9.53 Å². The summed E-state index contributed by atoms with van der Waals surface area (Å²) in [6.45, 7) is 1.22. The van der Waals surface area contributed by atoms with Gasteiger partial charge in [-0.05, 0) is 24.3 Å². The van der Waals surface area contributed by atoms with Crippen molar-refractivity contribution in [3.05, 3.63) is 69.8 Å². The molecular formula is C18H16N4O3. The number of benzene rings is 1. The third kappa shape index (κ3) is 2.97. The minimum absolute atomic E-state index is 0.0680. The SMILES string of the molecule is O=C(Nc1cccc(-c2n[nH]c3c2COCC3)c1)c1ccc[nH]c1=O. The number of hydrogen-bond acceptors (Lipinski definition) is 4. The van der Waals surface area contributed by atoms with Gasteiger partial charge in [0.05, 0.1) is 18.9 Å². The van der Waals surface area contributed by atoms with Crippen LogP contribution in [-0.2, 0) is 17.8 Å². The van der Waals surface area contributed by atoms with E-state index in [4.69, 9.17) is 4.74 Å². The molecule has 3 heterocycles. The lowest BCUT2D eigenvalue weighted by molar-refractivity contribution is 0.102. The van der Waals surface area contributed by atoms with Crippen LogP contribution in [0.25, 0.3) is 11.3 Å². The molecule has 0 fully saturated rings. The summed E-state index contributed by atoms with van der Waals surface area (Å²) in [5, 5.41) is 10.2. The van der Waals surface area contributed by atoms with Gasteiger partial charge in [-0.25, -0.2) is 0 Å². The van der Waals surface area contributed by atoms with Crippen LogP contribution in [0.3, 0.4) is 0 Å². The molecule has 0 aliphatic carbocycles. The highest BCUT2D eigenvalue weighted by Gasteiger charge is 2.19. The third-order valence-corrected chi connectivity index (χ3v) is 4.15. The fraction of sp³-hybridized carbons (Fsp3) is 0.167. The molecule has 25 heavy (non-hydrogen) atoms. The van der Waals surface area contributed by atoms with Gasteiger partial charge in [-0.15, -0.1) is 0 Å². The maximum absolute atomic E-state index is 12.3. The maximum Gasteiger partial charge on any atom is 0.261 e. The normalized spacial score (nSPS) is 13.3. The van der Waals surface area contributed by atoms with E-state index >= 15 is 0 Å². The number of rotatable bonds is 3. The summed E-state index contributed by atoms with van der Waals surface area (Å²) in [5.41, 5.74) is 4.08. The van der Waals surface area contributed by atoms with Gasteiger partial charge in [0.25, 0.3) is 11.5 Å². The largest absolute Gasteiger partial charge is 0.376 e. The van der Waals surface area contributed by atoms with Crippen LogP contribution in [0, 0.1) is 0 Å². The molecule has 1 amide bonds. The first-order chi connectivity index (χ1) is 12.2.